The molecule has 0 saturated carbocycles. The summed E-state index contributed by atoms with van der Waals surface area (Å²) in [5.74, 6) is 1.05. The lowest BCUT2D eigenvalue weighted by molar-refractivity contribution is 0.0523. The Hall–Kier alpha value is -2.09. The highest BCUT2D eigenvalue weighted by atomic mass is 32.2. The molecule has 21 heavy (non-hydrogen) atoms. The van der Waals surface area contributed by atoms with Gasteiger partial charge < -0.3 is 10.5 Å². The van der Waals surface area contributed by atoms with Crippen LogP contribution < -0.4 is 5.73 Å². The van der Waals surface area contributed by atoms with E-state index in [9.17, 15) is 4.79 Å². The van der Waals surface area contributed by atoms with E-state index in [0.717, 1.165) is 12.2 Å². The lowest BCUT2D eigenvalue weighted by atomic mass is 10.3. The van der Waals surface area contributed by atoms with Gasteiger partial charge in [0.25, 0.3) is 0 Å². The summed E-state index contributed by atoms with van der Waals surface area (Å²) in [6, 6.07) is 0. The maximum Gasteiger partial charge on any atom is 0.344 e. The molecule has 0 aliphatic carbocycles. The van der Waals surface area contributed by atoms with Crippen molar-refractivity contribution in [2.75, 3.05) is 18.1 Å². The van der Waals surface area contributed by atoms with Crippen LogP contribution in [0.4, 0.5) is 5.82 Å². The molecule has 0 spiro atoms. The average molecular weight is 307 g/mol. The number of aromatic nitrogens is 4. The van der Waals surface area contributed by atoms with Gasteiger partial charge in [-0.15, -0.1) is 11.8 Å². The van der Waals surface area contributed by atoms with E-state index in [2.05, 4.69) is 22.0 Å². The maximum absolute atomic E-state index is 12.1. The number of carbonyl (C=O) groups excluding carboxylic acids is 1. The number of thioether (sulfide) groups is 1. The Morgan fingerprint density at radius 2 is 2.24 bits per heavy atom. The first-order valence-corrected chi connectivity index (χ1v) is 7.62. The number of rotatable bonds is 6. The molecule has 0 amide bonds. The summed E-state index contributed by atoms with van der Waals surface area (Å²) in [7, 11) is 0. The van der Waals surface area contributed by atoms with Crippen LogP contribution in [0, 0.1) is 0 Å². The zero-order chi connectivity index (χ0) is 15.2. The predicted molar refractivity (Wildman–Crippen MR) is 80.5 cm³/mol. The van der Waals surface area contributed by atoms with E-state index in [4.69, 9.17) is 10.5 Å². The fourth-order valence-electron chi connectivity index (χ4n) is 1.68. The van der Waals surface area contributed by atoms with Crippen molar-refractivity contribution in [1.82, 2.24) is 19.7 Å². The Balaban J connectivity index is 2.46. The van der Waals surface area contributed by atoms with Gasteiger partial charge in [0, 0.05) is 12.4 Å². The molecule has 0 aromatic carbocycles. The van der Waals surface area contributed by atoms with E-state index >= 15 is 0 Å². The van der Waals surface area contributed by atoms with Gasteiger partial charge in [-0.25, -0.2) is 9.78 Å². The van der Waals surface area contributed by atoms with Crippen molar-refractivity contribution in [3.63, 3.8) is 0 Å². The summed E-state index contributed by atoms with van der Waals surface area (Å²) < 4.78 is 6.47. The van der Waals surface area contributed by atoms with E-state index in [1.54, 1.807) is 19.3 Å². The van der Waals surface area contributed by atoms with Gasteiger partial charge in [-0.3, -0.25) is 4.98 Å². The first-order valence-electron chi connectivity index (χ1n) is 6.63. The minimum absolute atomic E-state index is 0.215. The lowest BCUT2D eigenvalue weighted by Gasteiger charge is -2.03. The van der Waals surface area contributed by atoms with E-state index in [0.29, 0.717) is 16.4 Å². The standard InChI is InChI=1S/C13H17N5O2S/c1-3-7-21-12-10(13(19)20-4-2)11(14)18(17-12)9-8-15-5-6-16-9/h5-6,8H,3-4,7,14H2,1-2H3. The monoisotopic (exact) mass is 307 g/mol. The van der Waals surface area contributed by atoms with Crippen LogP contribution in [-0.2, 0) is 4.74 Å². The smallest absolute Gasteiger partial charge is 0.344 e. The molecular weight excluding hydrogens is 290 g/mol. The second kappa shape index (κ2) is 7.07. The van der Waals surface area contributed by atoms with Gasteiger partial charge in [-0.05, 0) is 19.1 Å². The molecule has 7 nitrogen and oxygen atoms in total. The topological polar surface area (TPSA) is 95.9 Å². The number of nitrogens with two attached hydrogens (primary N) is 1. The fourth-order valence-corrected chi connectivity index (χ4v) is 2.55. The molecule has 0 fully saturated rings. The van der Waals surface area contributed by atoms with Crippen molar-refractivity contribution in [3.05, 3.63) is 24.2 Å². The quantitative estimate of drug-likeness (QED) is 0.643. The number of hydrogen-bond acceptors (Lipinski definition) is 7. The Bertz CT molecular complexity index is 615. The first-order chi connectivity index (χ1) is 10.2. The van der Waals surface area contributed by atoms with Crippen LogP contribution in [-0.4, -0.2) is 38.1 Å². The van der Waals surface area contributed by atoms with Gasteiger partial charge in [0.2, 0.25) is 0 Å². The van der Waals surface area contributed by atoms with Crippen LogP contribution in [0.3, 0.4) is 0 Å². The summed E-state index contributed by atoms with van der Waals surface area (Å²) in [4.78, 5) is 20.2. The summed E-state index contributed by atoms with van der Waals surface area (Å²) in [5.41, 5.74) is 6.35. The first kappa shape index (κ1) is 15.3. The molecule has 2 rings (SSSR count). The van der Waals surface area contributed by atoms with Gasteiger partial charge in [-0.2, -0.15) is 9.78 Å². The Morgan fingerprint density at radius 3 is 2.86 bits per heavy atom. The van der Waals surface area contributed by atoms with Crippen molar-refractivity contribution in [2.45, 2.75) is 25.3 Å². The van der Waals surface area contributed by atoms with Gasteiger partial charge in [-0.1, -0.05) is 6.92 Å². The number of carbonyl (C=O) groups is 1. The average Bonchev–Trinajstić information content (AvgIpc) is 2.83. The number of nitrogens with zero attached hydrogens (tertiary/aromatic N) is 4. The molecule has 0 aliphatic rings. The summed E-state index contributed by atoms with van der Waals surface area (Å²) in [6.45, 7) is 4.09. The molecule has 112 valence electrons. The number of nitrogen functional groups attached to an aromatic ring is 1. The molecule has 2 N–H and O–H groups in total. The van der Waals surface area contributed by atoms with E-state index in [1.807, 2.05) is 0 Å². The highest BCUT2D eigenvalue weighted by Gasteiger charge is 2.24. The summed E-state index contributed by atoms with van der Waals surface area (Å²) in [5, 5.41) is 4.93. The highest BCUT2D eigenvalue weighted by molar-refractivity contribution is 7.99. The van der Waals surface area contributed by atoms with E-state index in [-0.39, 0.29) is 12.4 Å². The molecule has 2 aromatic rings. The Morgan fingerprint density at radius 1 is 1.43 bits per heavy atom. The minimum Gasteiger partial charge on any atom is -0.462 e. The molecule has 0 radical (unpaired) electrons. The van der Waals surface area contributed by atoms with Crippen molar-refractivity contribution in [1.29, 1.82) is 0 Å². The van der Waals surface area contributed by atoms with Crippen LogP contribution in [0.2, 0.25) is 0 Å². The minimum atomic E-state index is -0.469. The number of anilines is 1. The van der Waals surface area contributed by atoms with Crippen LogP contribution in [0.5, 0.6) is 0 Å². The maximum atomic E-state index is 12.1. The SMILES string of the molecule is CCCSc1nn(-c2cnccn2)c(N)c1C(=O)OCC. The van der Waals surface area contributed by atoms with Crippen LogP contribution in [0.15, 0.2) is 23.6 Å². The molecular formula is C13H17N5O2S. The van der Waals surface area contributed by atoms with Crippen LogP contribution >= 0.6 is 11.8 Å². The molecule has 0 unspecified atom stereocenters. The highest BCUT2D eigenvalue weighted by Crippen LogP contribution is 2.29. The van der Waals surface area contributed by atoms with Crippen molar-refractivity contribution >= 4 is 23.5 Å². The van der Waals surface area contributed by atoms with Gasteiger partial charge in [0.1, 0.15) is 16.4 Å². The second-order valence-electron chi connectivity index (χ2n) is 4.11. The predicted octanol–water partition coefficient (Wildman–Crippen LogP) is 1.92. The largest absolute Gasteiger partial charge is 0.462 e. The normalized spacial score (nSPS) is 10.6. The van der Waals surface area contributed by atoms with Crippen molar-refractivity contribution in [2.24, 2.45) is 0 Å². The third kappa shape index (κ3) is 3.33. The van der Waals surface area contributed by atoms with Gasteiger partial charge >= 0.3 is 5.97 Å². The number of esters is 1. The van der Waals surface area contributed by atoms with Crippen molar-refractivity contribution in [3.8, 4) is 5.82 Å². The van der Waals surface area contributed by atoms with E-state index in [1.165, 1.54) is 22.6 Å². The zero-order valence-electron chi connectivity index (χ0n) is 11.9. The summed E-state index contributed by atoms with van der Waals surface area (Å²) >= 11 is 1.47. The summed E-state index contributed by atoms with van der Waals surface area (Å²) in [6.07, 6.45) is 5.60. The third-order valence-electron chi connectivity index (χ3n) is 2.58. The van der Waals surface area contributed by atoms with Gasteiger partial charge in [0.05, 0.1) is 12.8 Å². The molecule has 0 bridgehead atoms. The lowest BCUT2D eigenvalue weighted by Crippen LogP contribution is -2.10. The number of hydrogen-bond donors (Lipinski definition) is 1. The molecule has 8 heteroatoms. The third-order valence-corrected chi connectivity index (χ3v) is 3.75. The molecule has 2 heterocycles. The zero-order valence-corrected chi connectivity index (χ0v) is 12.8. The molecule has 2 aromatic heterocycles. The fraction of sp³-hybridized carbons (Fsp3) is 0.385. The Labute approximate surface area is 126 Å². The van der Waals surface area contributed by atoms with Gasteiger partial charge in [0.15, 0.2) is 5.82 Å². The second-order valence-corrected chi connectivity index (χ2v) is 5.19. The van der Waals surface area contributed by atoms with Crippen molar-refractivity contribution < 1.29 is 9.53 Å². The molecule has 0 saturated heterocycles. The van der Waals surface area contributed by atoms with Crippen LogP contribution in [0.1, 0.15) is 30.6 Å². The Kier molecular flexibility index (Phi) is 5.15. The van der Waals surface area contributed by atoms with Crippen LogP contribution in [0.25, 0.3) is 5.82 Å². The number of ether oxygens (including phenoxy) is 1. The van der Waals surface area contributed by atoms with E-state index < -0.39 is 5.97 Å². The molecule has 0 aliphatic heterocycles. The molecule has 0 atom stereocenters.